The number of nitrogens with zero attached hydrogens (tertiary/aromatic N) is 4. The second-order valence-corrected chi connectivity index (χ2v) is 7.36. The number of carbonyl (C=O) groups excluding carboxylic acids is 1. The summed E-state index contributed by atoms with van der Waals surface area (Å²) in [5.74, 6) is -0.0759. The summed E-state index contributed by atoms with van der Waals surface area (Å²) in [5.41, 5.74) is 7.22. The number of nitrogens with two attached hydrogens (primary N) is 1. The van der Waals surface area contributed by atoms with Crippen LogP contribution >= 0.6 is 11.3 Å². The third-order valence-electron chi connectivity index (χ3n) is 4.49. The molecule has 9 nitrogen and oxygen atoms in total. The summed E-state index contributed by atoms with van der Waals surface area (Å²) in [6, 6.07) is -0.0176. The molecule has 0 bridgehead atoms. The van der Waals surface area contributed by atoms with E-state index in [9.17, 15) is 4.79 Å². The van der Waals surface area contributed by atoms with E-state index in [0.29, 0.717) is 23.2 Å². The molecule has 0 saturated heterocycles. The number of aromatic nitrogens is 4. The summed E-state index contributed by atoms with van der Waals surface area (Å²) in [4.78, 5) is 21.0. The van der Waals surface area contributed by atoms with Gasteiger partial charge in [0, 0.05) is 19.2 Å². The molecule has 2 aromatic rings. The maximum atomic E-state index is 12.6. The number of amides is 1. The number of hydrogen-bond acceptors (Lipinski definition) is 9. The van der Waals surface area contributed by atoms with Crippen molar-refractivity contribution in [3.63, 3.8) is 0 Å². The largest absolute Gasteiger partial charge is 0.379 e. The first kappa shape index (κ1) is 18.5. The standard InChI is InChI=1S/C16H23N7O2S/c1-9-6-19-11(7-18-9)8-20-14(24)10-3-4-13(25-2)12(5-10)21-16-23-22-15(17)26-16/h6-7,10,12-13H,3-5,8H2,1-2H3,(H2,17,22)(H,20,24)(H,21,23)/t10-,12+,13+/m0/s1. The zero-order valence-corrected chi connectivity index (χ0v) is 15.6. The van der Waals surface area contributed by atoms with E-state index < -0.39 is 0 Å². The van der Waals surface area contributed by atoms with E-state index in [4.69, 9.17) is 10.5 Å². The van der Waals surface area contributed by atoms with Crippen LogP contribution in [0, 0.1) is 12.8 Å². The van der Waals surface area contributed by atoms with Crippen molar-refractivity contribution < 1.29 is 9.53 Å². The molecule has 2 heterocycles. The first-order valence-electron chi connectivity index (χ1n) is 8.48. The molecule has 4 N–H and O–H groups in total. The average molecular weight is 377 g/mol. The smallest absolute Gasteiger partial charge is 0.223 e. The average Bonchev–Trinajstić information content (AvgIpc) is 3.05. The minimum Gasteiger partial charge on any atom is -0.379 e. The summed E-state index contributed by atoms with van der Waals surface area (Å²) in [6.07, 6.45) is 5.63. The fourth-order valence-electron chi connectivity index (χ4n) is 3.10. The second-order valence-electron chi connectivity index (χ2n) is 6.35. The Labute approximate surface area is 155 Å². The summed E-state index contributed by atoms with van der Waals surface area (Å²) < 4.78 is 5.56. The van der Waals surface area contributed by atoms with Crippen molar-refractivity contribution in [2.45, 2.75) is 44.9 Å². The lowest BCUT2D eigenvalue weighted by atomic mass is 9.83. The van der Waals surface area contributed by atoms with Gasteiger partial charge in [-0.05, 0) is 26.2 Å². The highest BCUT2D eigenvalue weighted by atomic mass is 32.1. The van der Waals surface area contributed by atoms with Crippen molar-refractivity contribution in [1.82, 2.24) is 25.5 Å². The van der Waals surface area contributed by atoms with E-state index in [1.807, 2.05) is 6.92 Å². The molecule has 2 aromatic heterocycles. The van der Waals surface area contributed by atoms with Gasteiger partial charge in [0.25, 0.3) is 0 Å². The number of anilines is 2. The van der Waals surface area contributed by atoms with Gasteiger partial charge in [-0.3, -0.25) is 14.8 Å². The molecular formula is C16H23N7O2S. The van der Waals surface area contributed by atoms with Gasteiger partial charge in [-0.15, -0.1) is 10.2 Å². The van der Waals surface area contributed by atoms with Crippen LogP contribution in [0.1, 0.15) is 30.7 Å². The molecule has 1 aliphatic rings. The van der Waals surface area contributed by atoms with Crippen LogP contribution < -0.4 is 16.4 Å². The molecule has 0 radical (unpaired) electrons. The molecule has 0 aliphatic heterocycles. The molecule has 0 spiro atoms. The Hall–Kier alpha value is -2.33. The van der Waals surface area contributed by atoms with Gasteiger partial charge in [0.1, 0.15) is 0 Å². The molecule has 1 saturated carbocycles. The molecule has 10 heteroatoms. The predicted molar refractivity (Wildman–Crippen MR) is 98.5 cm³/mol. The van der Waals surface area contributed by atoms with E-state index in [2.05, 4.69) is 30.8 Å². The van der Waals surface area contributed by atoms with Gasteiger partial charge in [0.15, 0.2) is 0 Å². The third kappa shape index (κ3) is 4.64. The van der Waals surface area contributed by atoms with Crippen molar-refractivity contribution in [3.05, 3.63) is 23.8 Å². The minimum atomic E-state index is -0.0948. The van der Waals surface area contributed by atoms with Gasteiger partial charge in [0.2, 0.25) is 16.2 Å². The Morgan fingerprint density at radius 2 is 2.19 bits per heavy atom. The third-order valence-corrected chi connectivity index (χ3v) is 5.17. The number of rotatable bonds is 6. The monoisotopic (exact) mass is 377 g/mol. The maximum absolute atomic E-state index is 12.6. The Balaban J connectivity index is 1.57. The quantitative estimate of drug-likeness (QED) is 0.683. The number of aryl methyl sites for hydroxylation is 1. The van der Waals surface area contributed by atoms with Gasteiger partial charge in [-0.25, -0.2) is 0 Å². The lowest BCUT2D eigenvalue weighted by molar-refractivity contribution is -0.127. The fourth-order valence-corrected chi connectivity index (χ4v) is 3.67. The van der Waals surface area contributed by atoms with Crippen LogP contribution in [0.5, 0.6) is 0 Å². The van der Waals surface area contributed by atoms with Gasteiger partial charge in [0.05, 0.1) is 36.3 Å². The zero-order valence-electron chi connectivity index (χ0n) is 14.8. The summed E-state index contributed by atoms with van der Waals surface area (Å²) in [7, 11) is 1.68. The number of carbonyl (C=O) groups is 1. The van der Waals surface area contributed by atoms with Crippen LogP contribution in [0.15, 0.2) is 12.4 Å². The Kier molecular flexibility index (Phi) is 5.94. The molecule has 3 atom stereocenters. The number of hydrogen-bond donors (Lipinski definition) is 3. The van der Waals surface area contributed by atoms with Gasteiger partial charge in [-0.2, -0.15) is 0 Å². The number of nitrogens with one attached hydrogen (secondary N) is 2. The minimum absolute atomic E-state index is 0.0176. The van der Waals surface area contributed by atoms with Crippen LogP contribution in [0.25, 0.3) is 0 Å². The first-order valence-corrected chi connectivity index (χ1v) is 9.30. The predicted octanol–water partition coefficient (Wildman–Crippen LogP) is 1.13. The molecular weight excluding hydrogens is 354 g/mol. The highest BCUT2D eigenvalue weighted by Gasteiger charge is 2.34. The van der Waals surface area contributed by atoms with Crippen LogP contribution in [-0.2, 0) is 16.1 Å². The highest BCUT2D eigenvalue weighted by Crippen LogP contribution is 2.30. The molecule has 26 heavy (non-hydrogen) atoms. The van der Waals surface area contributed by atoms with Crippen molar-refractivity contribution in [2.24, 2.45) is 5.92 Å². The molecule has 140 valence electrons. The number of ether oxygens (including phenoxy) is 1. The van der Waals surface area contributed by atoms with Crippen LogP contribution in [0.2, 0.25) is 0 Å². The Morgan fingerprint density at radius 3 is 2.85 bits per heavy atom. The molecule has 3 rings (SSSR count). The fraction of sp³-hybridized carbons (Fsp3) is 0.562. The van der Waals surface area contributed by atoms with Crippen LogP contribution in [-0.4, -0.2) is 45.3 Å². The van der Waals surface area contributed by atoms with Gasteiger partial charge >= 0.3 is 0 Å². The molecule has 1 fully saturated rings. The maximum Gasteiger partial charge on any atom is 0.223 e. The van der Waals surface area contributed by atoms with Crippen molar-refractivity contribution in [1.29, 1.82) is 0 Å². The van der Waals surface area contributed by atoms with Crippen LogP contribution in [0.3, 0.4) is 0 Å². The molecule has 0 unspecified atom stereocenters. The number of methoxy groups -OCH3 is 1. The van der Waals surface area contributed by atoms with Crippen molar-refractivity contribution in [2.75, 3.05) is 18.2 Å². The highest BCUT2D eigenvalue weighted by molar-refractivity contribution is 7.18. The topological polar surface area (TPSA) is 128 Å². The molecule has 1 aliphatic carbocycles. The lowest BCUT2D eigenvalue weighted by Crippen LogP contribution is -2.44. The van der Waals surface area contributed by atoms with Crippen LogP contribution in [0.4, 0.5) is 10.3 Å². The summed E-state index contributed by atoms with van der Waals surface area (Å²) in [5, 5.41) is 15.1. The summed E-state index contributed by atoms with van der Waals surface area (Å²) in [6.45, 7) is 2.25. The zero-order chi connectivity index (χ0) is 18.5. The molecule has 1 amide bonds. The summed E-state index contributed by atoms with van der Waals surface area (Å²) >= 11 is 1.29. The second kappa shape index (κ2) is 8.37. The van der Waals surface area contributed by atoms with Crippen molar-refractivity contribution in [3.8, 4) is 0 Å². The van der Waals surface area contributed by atoms with E-state index in [1.165, 1.54) is 11.3 Å². The number of nitrogen functional groups attached to an aromatic ring is 1. The van der Waals surface area contributed by atoms with E-state index >= 15 is 0 Å². The Morgan fingerprint density at radius 1 is 1.35 bits per heavy atom. The van der Waals surface area contributed by atoms with Crippen molar-refractivity contribution >= 4 is 27.5 Å². The van der Waals surface area contributed by atoms with E-state index in [1.54, 1.807) is 19.5 Å². The first-order chi connectivity index (χ1) is 12.5. The normalized spacial score (nSPS) is 22.8. The Bertz CT molecular complexity index is 736. The van der Waals surface area contributed by atoms with Gasteiger partial charge < -0.3 is 21.1 Å². The van der Waals surface area contributed by atoms with E-state index in [-0.39, 0.29) is 24.0 Å². The van der Waals surface area contributed by atoms with Gasteiger partial charge in [-0.1, -0.05) is 11.3 Å². The van der Waals surface area contributed by atoms with E-state index in [0.717, 1.165) is 24.2 Å². The lowest BCUT2D eigenvalue weighted by Gasteiger charge is -2.35. The molecule has 0 aromatic carbocycles. The SMILES string of the molecule is CO[C@@H]1CC[C@H](C(=O)NCc2cnc(C)cn2)C[C@H]1Nc1nnc(N)s1.